The summed E-state index contributed by atoms with van der Waals surface area (Å²) in [5.41, 5.74) is 1.25. The van der Waals surface area contributed by atoms with E-state index < -0.39 is 0 Å². The number of aromatic nitrogens is 1. The number of hydrogen-bond acceptors (Lipinski definition) is 0. The highest BCUT2D eigenvalue weighted by Gasteiger charge is 2.04. The highest BCUT2D eigenvalue weighted by molar-refractivity contribution is 6.30. The van der Waals surface area contributed by atoms with Crippen LogP contribution in [0, 0.1) is 0 Å². The molecule has 3 rings (SSSR count). The van der Waals surface area contributed by atoms with Crippen LogP contribution in [-0.4, -0.2) is 0 Å². The summed E-state index contributed by atoms with van der Waals surface area (Å²) in [6, 6.07) is 18.5. The lowest BCUT2D eigenvalue weighted by Gasteiger charge is -2.00. The Balaban J connectivity index is 1.92. The molecule has 0 atom stereocenters. The van der Waals surface area contributed by atoms with Gasteiger partial charge in [0, 0.05) is 22.0 Å². The van der Waals surface area contributed by atoms with Crippen molar-refractivity contribution in [3.05, 3.63) is 77.6 Å². The quantitative estimate of drug-likeness (QED) is 0.612. The van der Waals surface area contributed by atoms with Crippen molar-refractivity contribution in [3.8, 4) is 0 Å². The zero-order valence-electron chi connectivity index (χ0n) is 9.88. The number of nitrogens with zero attached hydrogens (tertiary/aromatic N) is 1. The molecule has 0 N–H and O–H groups in total. The third-order valence-corrected chi connectivity index (χ3v) is 3.28. The molecule has 2 aromatic carbocycles. The molecule has 0 fully saturated rings. The van der Waals surface area contributed by atoms with Crippen LogP contribution in [-0.2, 0) is 6.54 Å². The van der Waals surface area contributed by atoms with Gasteiger partial charge in [-0.2, -0.15) is 0 Å². The summed E-state index contributed by atoms with van der Waals surface area (Å²) >= 11 is 5.89. The highest BCUT2D eigenvalue weighted by atomic mass is 35.5. The molecule has 0 aliphatic carbocycles. The molecule has 0 aliphatic rings. The molecule has 0 bridgehead atoms. The van der Waals surface area contributed by atoms with E-state index in [2.05, 4.69) is 59.4 Å². The Bertz CT molecular complexity index is 674. The minimum Gasteiger partial charge on any atom is -0.200 e. The van der Waals surface area contributed by atoms with Crippen molar-refractivity contribution in [2.75, 3.05) is 0 Å². The maximum Gasteiger partial charge on any atom is 0.176 e. The summed E-state index contributed by atoms with van der Waals surface area (Å²) in [6.07, 6.45) is 4.28. The largest absolute Gasteiger partial charge is 0.200 e. The van der Waals surface area contributed by atoms with Crippen molar-refractivity contribution in [1.82, 2.24) is 0 Å². The molecule has 1 nitrogen and oxygen atoms in total. The molecule has 0 unspecified atom stereocenters. The van der Waals surface area contributed by atoms with Crippen LogP contribution in [0.15, 0.2) is 67.0 Å². The van der Waals surface area contributed by atoms with E-state index in [1.54, 1.807) is 0 Å². The van der Waals surface area contributed by atoms with Crippen LogP contribution in [0.1, 0.15) is 5.56 Å². The van der Waals surface area contributed by atoms with Crippen LogP contribution in [0.2, 0.25) is 5.02 Å². The molecule has 0 radical (unpaired) electrons. The SMILES string of the molecule is Clc1ccc(C[n+]2ccc3ccccc3c2)cc1. The first-order valence-corrected chi connectivity index (χ1v) is 6.31. The monoisotopic (exact) mass is 254 g/mol. The maximum absolute atomic E-state index is 5.89. The first-order valence-electron chi connectivity index (χ1n) is 5.93. The van der Waals surface area contributed by atoms with Gasteiger partial charge in [0.25, 0.3) is 0 Å². The Kier molecular flexibility index (Phi) is 2.99. The molecule has 0 spiro atoms. The van der Waals surface area contributed by atoms with Gasteiger partial charge in [-0.3, -0.25) is 0 Å². The number of hydrogen-bond donors (Lipinski definition) is 0. The van der Waals surface area contributed by atoms with Crippen LogP contribution < -0.4 is 4.57 Å². The average molecular weight is 255 g/mol. The van der Waals surface area contributed by atoms with Gasteiger partial charge in [0.2, 0.25) is 0 Å². The third kappa shape index (κ3) is 2.36. The molecule has 1 aromatic heterocycles. The summed E-state index contributed by atoms with van der Waals surface area (Å²) in [7, 11) is 0. The fourth-order valence-corrected chi connectivity index (χ4v) is 2.20. The Morgan fingerprint density at radius 2 is 1.56 bits per heavy atom. The summed E-state index contributed by atoms with van der Waals surface area (Å²) in [5, 5.41) is 3.31. The van der Waals surface area contributed by atoms with Gasteiger partial charge in [-0.1, -0.05) is 41.9 Å². The minimum atomic E-state index is 0.780. The van der Waals surface area contributed by atoms with E-state index in [0.717, 1.165) is 11.6 Å². The lowest BCUT2D eigenvalue weighted by atomic mass is 10.1. The molecule has 0 saturated carbocycles. The lowest BCUT2D eigenvalue weighted by Crippen LogP contribution is -2.33. The van der Waals surface area contributed by atoms with Gasteiger partial charge in [0.1, 0.15) is 0 Å². The first kappa shape index (κ1) is 11.2. The zero-order chi connectivity index (χ0) is 12.4. The van der Waals surface area contributed by atoms with Crippen molar-refractivity contribution >= 4 is 22.4 Å². The fourth-order valence-electron chi connectivity index (χ4n) is 2.08. The molecule has 2 heteroatoms. The Hall–Kier alpha value is -1.86. The molecular weight excluding hydrogens is 242 g/mol. The third-order valence-electron chi connectivity index (χ3n) is 3.02. The number of rotatable bonds is 2. The van der Waals surface area contributed by atoms with Gasteiger partial charge in [0.15, 0.2) is 18.9 Å². The van der Waals surface area contributed by atoms with Gasteiger partial charge >= 0.3 is 0 Å². The number of benzene rings is 2. The molecule has 3 aromatic rings. The van der Waals surface area contributed by atoms with E-state index in [1.807, 2.05) is 12.1 Å². The molecule has 0 aliphatic heterocycles. The van der Waals surface area contributed by atoms with Crippen molar-refractivity contribution in [1.29, 1.82) is 0 Å². The van der Waals surface area contributed by atoms with E-state index in [4.69, 9.17) is 11.6 Å². The molecule has 0 saturated heterocycles. The summed E-state index contributed by atoms with van der Waals surface area (Å²) < 4.78 is 2.19. The average Bonchev–Trinajstić information content (AvgIpc) is 2.41. The van der Waals surface area contributed by atoms with E-state index in [0.29, 0.717) is 0 Å². The van der Waals surface area contributed by atoms with Crippen LogP contribution in [0.3, 0.4) is 0 Å². The van der Waals surface area contributed by atoms with Gasteiger partial charge in [-0.15, -0.1) is 0 Å². The van der Waals surface area contributed by atoms with Gasteiger partial charge in [-0.25, -0.2) is 4.57 Å². The number of pyridine rings is 1. The second-order valence-electron chi connectivity index (χ2n) is 4.37. The molecule has 18 heavy (non-hydrogen) atoms. The second-order valence-corrected chi connectivity index (χ2v) is 4.81. The predicted molar refractivity (Wildman–Crippen MR) is 74.7 cm³/mol. The molecular formula is C16H13ClN+. The normalized spacial score (nSPS) is 10.7. The van der Waals surface area contributed by atoms with Crippen LogP contribution in [0.5, 0.6) is 0 Å². The number of fused-ring (bicyclic) bond motifs is 1. The van der Waals surface area contributed by atoms with E-state index in [-0.39, 0.29) is 0 Å². The number of halogens is 1. The topological polar surface area (TPSA) is 3.88 Å². The van der Waals surface area contributed by atoms with E-state index >= 15 is 0 Å². The van der Waals surface area contributed by atoms with Crippen molar-refractivity contribution in [2.24, 2.45) is 0 Å². The second kappa shape index (κ2) is 4.79. The summed E-state index contributed by atoms with van der Waals surface area (Å²) in [5.74, 6) is 0. The van der Waals surface area contributed by atoms with E-state index in [1.165, 1.54) is 16.3 Å². The first-order chi connectivity index (χ1) is 8.81. The summed E-state index contributed by atoms with van der Waals surface area (Å²) in [6.45, 7) is 0.863. The fraction of sp³-hybridized carbons (Fsp3) is 0.0625. The van der Waals surface area contributed by atoms with Gasteiger partial charge in [-0.05, 0) is 23.6 Å². The zero-order valence-corrected chi connectivity index (χ0v) is 10.6. The van der Waals surface area contributed by atoms with Crippen LogP contribution in [0.4, 0.5) is 0 Å². The lowest BCUT2D eigenvalue weighted by molar-refractivity contribution is -0.687. The van der Waals surface area contributed by atoms with Gasteiger partial charge in [0.05, 0.1) is 0 Å². The Morgan fingerprint density at radius 3 is 2.33 bits per heavy atom. The predicted octanol–water partition coefficient (Wildman–Crippen LogP) is 3.83. The van der Waals surface area contributed by atoms with E-state index in [9.17, 15) is 0 Å². The van der Waals surface area contributed by atoms with Crippen molar-refractivity contribution < 1.29 is 4.57 Å². The molecule has 88 valence electrons. The van der Waals surface area contributed by atoms with Crippen molar-refractivity contribution in [2.45, 2.75) is 6.54 Å². The van der Waals surface area contributed by atoms with Crippen LogP contribution in [0.25, 0.3) is 10.8 Å². The standard InChI is InChI=1S/C16H13ClN/c17-16-7-5-13(6-8-16)11-18-10-9-14-3-1-2-4-15(14)12-18/h1-10,12H,11H2/q+1. The Morgan fingerprint density at radius 1 is 0.833 bits per heavy atom. The molecule has 1 heterocycles. The minimum absolute atomic E-state index is 0.780. The highest BCUT2D eigenvalue weighted by Crippen LogP contribution is 2.11. The summed E-state index contributed by atoms with van der Waals surface area (Å²) in [4.78, 5) is 0. The smallest absolute Gasteiger partial charge is 0.176 e. The van der Waals surface area contributed by atoms with Crippen molar-refractivity contribution in [3.63, 3.8) is 0 Å². The maximum atomic E-state index is 5.89. The van der Waals surface area contributed by atoms with Gasteiger partial charge < -0.3 is 0 Å². The molecule has 0 amide bonds. The Labute approximate surface area is 111 Å². The van der Waals surface area contributed by atoms with Crippen LogP contribution >= 0.6 is 11.6 Å².